The number of rotatable bonds is 10. The van der Waals surface area contributed by atoms with Crippen LogP contribution in [0.2, 0.25) is 0 Å². The molecule has 0 aliphatic carbocycles. The van der Waals surface area contributed by atoms with Crippen LogP contribution >= 0.6 is 0 Å². The van der Waals surface area contributed by atoms with Crippen LogP contribution in [-0.4, -0.2) is 44.6 Å². The largest absolute Gasteiger partial charge is 0.494 e. The van der Waals surface area contributed by atoms with Crippen LogP contribution in [0, 0.1) is 5.92 Å². The second-order valence-electron chi connectivity index (χ2n) is 6.44. The molecule has 0 bridgehead atoms. The van der Waals surface area contributed by atoms with Crippen molar-refractivity contribution in [2.24, 2.45) is 10.9 Å². The first kappa shape index (κ1) is 20.9. The molecule has 0 saturated carbocycles. The Labute approximate surface area is 160 Å². The third-order valence-corrected chi connectivity index (χ3v) is 4.38. The number of esters is 1. The zero-order valence-corrected chi connectivity index (χ0v) is 16.2. The first-order valence-corrected chi connectivity index (χ1v) is 9.30. The van der Waals surface area contributed by atoms with E-state index >= 15 is 0 Å². The van der Waals surface area contributed by atoms with E-state index in [1.165, 1.54) is 7.11 Å². The zero-order valence-electron chi connectivity index (χ0n) is 16.2. The topological polar surface area (TPSA) is 86.2 Å². The highest BCUT2D eigenvalue weighted by molar-refractivity contribution is 6.08. The van der Waals surface area contributed by atoms with Gasteiger partial charge in [0, 0.05) is 12.8 Å². The fraction of sp³-hybridized carbons (Fsp3) is 0.550. The molecule has 2 rings (SSSR count). The number of carbonyl (C=O) groups is 2. The minimum absolute atomic E-state index is 0.157. The molecule has 0 saturated heterocycles. The smallest absolute Gasteiger partial charge is 0.341 e. The van der Waals surface area contributed by atoms with Crippen molar-refractivity contribution in [3.63, 3.8) is 0 Å². The predicted octanol–water partition coefficient (Wildman–Crippen LogP) is 3.29. The highest BCUT2D eigenvalue weighted by Crippen LogP contribution is 2.29. The van der Waals surface area contributed by atoms with E-state index in [-0.39, 0.29) is 6.61 Å². The Morgan fingerprint density at radius 2 is 1.89 bits per heavy atom. The van der Waals surface area contributed by atoms with Crippen molar-refractivity contribution in [2.75, 3.05) is 26.9 Å². The predicted molar refractivity (Wildman–Crippen MR) is 102 cm³/mol. The summed E-state index contributed by atoms with van der Waals surface area (Å²) in [5, 5.41) is 2.76. The Morgan fingerprint density at radius 3 is 2.56 bits per heavy atom. The van der Waals surface area contributed by atoms with Gasteiger partial charge in [-0.3, -0.25) is 4.79 Å². The highest BCUT2D eigenvalue weighted by atomic mass is 16.6. The molecule has 27 heavy (non-hydrogen) atoms. The minimum Gasteiger partial charge on any atom is -0.494 e. The van der Waals surface area contributed by atoms with E-state index in [0.717, 1.165) is 30.6 Å². The summed E-state index contributed by atoms with van der Waals surface area (Å²) in [6.45, 7) is 4.96. The summed E-state index contributed by atoms with van der Waals surface area (Å²) in [4.78, 5) is 28.2. The Kier molecular flexibility index (Phi) is 8.26. The summed E-state index contributed by atoms with van der Waals surface area (Å²) in [6.07, 6.45) is 3.30. The van der Waals surface area contributed by atoms with Crippen LogP contribution in [0.5, 0.6) is 5.75 Å². The van der Waals surface area contributed by atoms with E-state index < -0.39 is 24.0 Å². The molecule has 7 heteroatoms. The van der Waals surface area contributed by atoms with Gasteiger partial charge in [-0.05, 0) is 31.0 Å². The van der Waals surface area contributed by atoms with Crippen LogP contribution in [0.15, 0.2) is 29.3 Å². The molecule has 1 aromatic carbocycles. The maximum atomic E-state index is 12.5. The van der Waals surface area contributed by atoms with E-state index in [2.05, 4.69) is 17.2 Å². The lowest BCUT2D eigenvalue weighted by Crippen LogP contribution is -2.44. The van der Waals surface area contributed by atoms with Crippen LogP contribution in [0.4, 0.5) is 4.79 Å². The Balaban J connectivity index is 2.09. The third kappa shape index (κ3) is 6.06. The van der Waals surface area contributed by atoms with E-state index in [0.29, 0.717) is 18.9 Å². The number of nitrogens with one attached hydrogen (secondary N) is 1. The molecule has 7 nitrogen and oxygen atoms in total. The molecule has 1 aromatic rings. The Bertz CT molecular complexity index is 657. The van der Waals surface area contributed by atoms with E-state index in [9.17, 15) is 9.59 Å². The van der Waals surface area contributed by atoms with Gasteiger partial charge < -0.3 is 19.5 Å². The second-order valence-corrected chi connectivity index (χ2v) is 6.44. The fourth-order valence-corrected chi connectivity index (χ4v) is 2.93. The number of benzene rings is 1. The number of unbranched alkanes of at least 4 members (excludes halogenated alkanes) is 2. The molecular weight excluding hydrogens is 348 g/mol. The van der Waals surface area contributed by atoms with Gasteiger partial charge in [0.25, 0.3) is 0 Å². The number of hydrogen-bond acceptors (Lipinski definition) is 5. The lowest BCUT2D eigenvalue weighted by molar-refractivity contribution is -0.148. The van der Waals surface area contributed by atoms with Crippen molar-refractivity contribution >= 4 is 17.7 Å². The van der Waals surface area contributed by atoms with Gasteiger partial charge in [-0.25, -0.2) is 9.79 Å². The maximum Gasteiger partial charge on any atom is 0.341 e. The first-order chi connectivity index (χ1) is 13.1. The number of urea groups is 1. The van der Waals surface area contributed by atoms with E-state index in [1.807, 2.05) is 24.3 Å². The summed E-state index contributed by atoms with van der Waals surface area (Å²) < 4.78 is 15.9. The summed E-state index contributed by atoms with van der Waals surface area (Å²) >= 11 is 0. The third-order valence-electron chi connectivity index (χ3n) is 4.38. The van der Waals surface area contributed by atoms with Crippen molar-refractivity contribution in [1.82, 2.24) is 5.32 Å². The summed E-state index contributed by atoms with van der Waals surface area (Å²) in [7, 11) is 1.54. The molecule has 0 fully saturated rings. The van der Waals surface area contributed by atoms with Crippen molar-refractivity contribution in [1.29, 1.82) is 0 Å². The van der Waals surface area contributed by atoms with Gasteiger partial charge in [-0.2, -0.15) is 0 Å². The molecule has 1 heterocycles. The molecule has 1 N–H and O–H groups in total. The van der Waals surface area contributed by atoms with Crippen LogP contribution in [0.25, 0.3) is 0 Å². The average Bonchev–Trinajstić information content (AvgIpc) is 2.65. The second kappa shape index (κ2) is 10.7. The van der Waals surface area contributed by atoms with Crippen molar-refractivity contribution in [2.45, 2.75) is 39.2 Å². The van der Waals surface area contributed by atoms with Crippen molar-refractivity contribution in [3.05, 3.63) is 29.8 Å². The minimum atomic E-state index is -0.670. The van der Waals surface area contributed by atoms with Crippen LogP contribution in [-0.2, 0) is 14.3 Å². The van der Waals surface area contributed by atoms with Crippen molar-refractivity contribution in [3.8, 4) is 5.75 Å². The number of ether oxygens (including phenoxy) is 3. The monoisotopic (exact) mass is 376 g/mol. The van der Waals surface area contributed by atoms with Gasteiger partial charge in [0.1, 0.15) is 18.3 Å². The molecule has 1 aliphatic rings. The summed E-state index contributed by atoms with van der Waals surface area (Å²) in [5.41, 5.74) is 1.23. The number of aliphatic imine (C=N–C) groups is 1. The maximum absolute atomic E-state index is 12.5. The molecule has 2 atom stereocenters. The molecule has 2 amide bonds. The molecule has 0 spiro atoms. The number of amides is 2. The standard InChI is InChI=1S/C20H28N2O5/c1-4-5-6-11-26-16-9-7-15(8-10-16)18-17(14(2)21-20(24)22-18)19(23)27-13-12-25-3/h7-10,17-18H,4-6,11-13H2,1-3H3,(H,22,24). The Morgan fingerprint density at radius 1 is 1.15 bits per heavy atom. The van der Waals surface area contributed by atoms with E-state index in [4.69, 9.17) is 14.2 Å². The SMILES string of the molecule is CCCCCOc1ccc(C2NC(=O)N=C(C)C2C(=O)OCCOC)cc1. The molecule has 0 aromatic heterocycles. The number of methoxy groups -OCH3 is 1. The number of carbonyl (C=O) groups excluding carboxylic acids is 2. The number of nitrogens with zero attached hydrogens (tertiary/aromatic N) is 1. The van der Waals surface area contributed by atoms with Gasteiger partial charge in [0.2, 0.25) is 0 Å². The van der Waals surface area contributed by atoms with Gasteiger partial charge in [0.15, 0.2) is 0 Å². The quantitative estimate of drug-likeness (QED) is 0.500. The number of hydrogen-bond donors (Lipinski definition) is 1. The molecule has 1 aliphatic heterocycles. The normalized spacial score (nSPS) is 19.2. The molecule has 0 radical (unpaired) electrons. The van der Waals surface area contributed by atoms with Gasteiger partial charge in [0.05, 0.1) is 19.3 Å². The zero-order chi connectivity index (χ0) is 19.6. The first-order valence-electron chi connectivity index (χ1n) is 9.30. The highest BCUT2D eigenvalue weighted by Gasteiger charge is 2.37. The summed E-state index contributed by atoms with van der Waals surface area (Å²) in [6, 6.07) is 6.42. The van der Waals surface area contributed by atoms with Gasteiger partial charge >= 0.3 is 12.0 Å². The van der Waals surface area contributed by atoms with Crippen molar-refractivity contribution < 1.29 is 23.8 Å². The molecular formula is C20H28N2O5. The van der Waals surface area contributed by atoms with Gasteiger partial charge in [-0.1, -0.05) is 31.9 Å². The average molecular weight is 376 g/mol. The van der Waals surface area contributed by atoms with Crippen LogP contribution in [0.3, 0.4) is 0 Å². The summed E-state index contributed by atoms with van der Waals surface area (Å²) in [5.74, 6) is -0.337. The fourth-order valence-electron chi connectivity index (χ4n) is 2.93. The lowest BCUT2D eigenvalue weighted by atomic mass is 9.88. The van der Waals surface area contributed by atoms with Gasteiger partial charge in [-0.15, -0.1) is 0 Å². The molecule has 148 valence electrons. The van der Waals surface area contributed by atoms with Crippen LogP contribution in [0.1, 0.15) is 44.7 Å². The Hall–Kier alpha value is -2.41. The van der Waals surface area contributed by atoms with E-state index in [1.54, 1.807) is 6.92 Å². The lowest BCUT2D eigenvalue weighted by Gasteiger charge is -2.29. The van der Waals surface area contributed by atoms with Crippen LogP contribution < -0.4 is 10.1 Å². The molecule has 2 unspecified atom stereocenters.